The van der Waals surface area contributed by atoms with Crippen LogP contribution in [0.3, 0.4) is 0 Å². The minimum Gasteiger partial charge on any atom is -0.317 e. The van der Waals surface area contributed by atoms with Crippen LogP contribution in [0.15, 0.2) is 243 Å². The molecular formula is C50H51O4P4Rh+3. The Kier molecular flexibility index (Phi) is 22.1. The van der Waals surface area contributed by atoms with Gasteiger partial charge in [-0.3, -0.25) is 0 Å². The molecule has 1 radical (unpaired) electrons. The Morgan fingerprint density at radius 3 is 0.729 bits per heavy atom. The van der Waals surface area contributed by atoms with E-state index >= 15 is 0 Å². The smallest absolute Gasteiger partial charge is 0.197 e. The van der Waals surface area contributed by atoms with Gasteiger partial charge in [0.1, 0.15) is 39.6 Å². The normalized spacial score (nSPS) is 10.3. The molecule has 0 amide bonds. The van der Waals surface area contributed by atoms with Crippen LogP contribution in [-0.2, 0) is 33.1 Å². The second-order valence-corrected chi connectivity index (χ2v) is 20.8. The van der Waals surface area contributed by atoms with Gasteiger partial charge in [-0.05, 0) is 72.8 Å². The van der Waals surface area contributed by atoms with Gasteiger partial charge >= 0.3 is 0 Å². The van der Waals surface area contributed by atoms with Crippen molar-refractivity contribution in [2.24, 2.45) is 0 Å². The largest absolute Gasteiger partial charge is 0.317 e. The van der Waals surface area contributed by atoms with Gasteiger partial charge in [0.25, 0.3) is 0 Å². The number of hydrogen-bond donors (Lipinski definition) is 1. The van der Waals surface area contributed by atoms with Gasteiger partial charge in [-0.1, -0.05) is 170 Å². The zero-order chi connectivity index (χ0) is 40.6. The van der Waals surface area contributed by atoms with Crippen molar-refractivity contribution in [3.63, 3.8) is 0 Å². The predicted octanol–water partition coefficient (Wildman–Crippen LogP) is 8.78. The fourth-order valence-corrected chi connectivity index (χ4v) is 12.1. The Morgan fingerprint density at radius 1 is 0.339 bits per heavy atom. The summed E-state index contributed by atoms with van der Waals surface area (Å²) in [6.45, 7) is 0. The van der Waals surface area contributed by atoms with Gasteiger partial charge in [0.15, 0.2) is 24.4 Å². The average molecular weight is 943 g/mol. The second kappa shape index (κ2) is 27.5. The summed E-state index contributed by atoms with van der Waals surface area (Å²) in [6.07, 6.45) is 0. The molecule has 0 atom stereocenters. The number of rotatable bonds is 10. The van der Waals surface area contributed by atoms with Crippen molar-refractivity contribution in [1.29, 1.82) is 0 Å². The molecule has 0 spiro atoms. The molecule has 0 aliphatic rings. The van der Waals surface area contributed by atoms with Crippen LogP contribution < -0.4 is 42.4 Å². The van der Waals surface area contributed by atoms with Gasteiger partial charge in [-0.2, -0.15) is 0 Å². The summed E-state index contributed by atoms with van der Waals surface area (Å²) in [6, 6.07) is 80.5. The third-order valence-electron chi connectivity index (χ3n) is 8.72. The average Bonchev–Trinajstić information content (AvgIpc) is 3.32. The maximum absolute atomic E-state index is 12.0. The maximum Gasteiger partial charge on any atom is 0.197 e. The Bertz CT molecular complexity index is 2040. The number of benzene rings is 8. The van der Waals surface area contributed by atoms with E-state index in [-0.39, 0.29) is 19.5 Å². The molecule has 301 valence electrons. The summed E-state index contributed by atoms with van der Waals surface area (Å²) in [7, 11) is -1.85. The summed E-state index contributed by atoms with van der Waals surface area (Å²) in [4.78, 5) is 10.1. The molecule has 8 aromatic rings. The van der Waals surface area contributed by atoms with E-state index in [1.807, 2.05) is 146 Å². The third kappa shape index (κ3) is 15.7. The first-order chi connectivity index (χ1) is 28.6. The SMILES string of the molecule is CO[PH+](c1ccccc1)c1ccccc1.CO[PH+](c1ccccc1)c1ccccc1.O=[PH](c1ccccc1)c1ccccc1.O[PH+](c1ccccc1)c1ccccc1.[Rh]. The van der Waals surface area contributed by atoms with Crippen LogP contribution in [0.4, 0.5) is 0 Å². The fraction of sp³-hybridized carbons (Fsp3) is 0.0400. The van der Waals surface area contributed by atoms with E-state index in [1.165, 1.54) is 21.2 Å². The molecule has 0 aliphatic carbocycles. The van der Waals surface area contributed by atoms with E-state index in [4.69, 9.17) is 9.05 Å². The topological polar surface area (TPSA) is 55.8 Å². The predicted molar refractivity (Wildman–Crippen MR) is 259 cm³/mol. The first-order valence-corrected chi connectivity index (χ1v) is 24.6. The molecule has 1 N–H and O–H groups in total. The van der Waals surface area contributed by atoms with Crippen molar-refractivity contribution in [1.82, 2.24) is 0 Å². The van der Waals surface area contributed by atoms with Crippen molar-refractivity contribution in [3.05, 3.63) is 243 Å². The van der Waals surface area contributed by atoms with Gasteiger partial charge in [0, 0.05) is 30.1 Å². The molecule has 8 rings (SSSR count). The standard InChI is InChI=1S/2C13H13OP.2C12H11OP.Rh/c2*1-14-15(12-8-4-2-5-9-12)13-10-6-3-7-11-13;2*13-14(11-7-3-1-4-8-11)12-9-5-2-6-10-12;/h2*2-11H,1H3;1-10,14H;1-10,13H;/p+3. The number of hydrogen-bond acceptors (Lipinski definition) is 4. The van der Waals surface area contributed by atoms with Gasteiger partial charge in [0.05, 0.1) is 14.2 Å². The van der Waals surface area contributed by atoms with E-state index < -0.39 is 32.2 Å². The summed E-state index contributed by atoms with van der Waals surface area (Å²) < 4.78 is 23.3. The molecule has 0 unspecified atom stereocenters. The van der Waals surface area contributed by atoms with Crippen LogP contribution in [0, 0.1) is 0 Å². The van der Waals surface area contributed by atoms with Crippen molar-refractivity contribution in [2.75, 3.05) is 14.2 Å². The van der Waals surface area contributed by atoms with Crippen LogP contribution in [-0.4, -0.2) is 19.1 Å². The van der Waals surface area contributed by atoms with Crippen molar-refractivity contribution >= 4 is 74.7 Å². The zero-order valence-electron chi connectivity index (χ0n) is 33.1. The molecule has 0 heterocycles. The molecular weight excluding hydrogens is 891 g/mol. The van der Waals surface area contributed by atoms with Crippen LogP contribution in [0.1, 0.15) is 0 Å². The van der Waals surface area contributed by atoms with Gasteiger partial charge < -0.3 is 4.57 Å². The molecule has 0 fully saturated rings. The molecule has 0 saturated carbocycles. The molecule has 0 bridgehead atoms. The van der Waals surface area contributed by atoms with E-state index in [2.05, 4.69) is 97.1 Å². The van der Waals surface area contributed by atoms with Crippen molar-refractivity contribution in [2.45, 2.75) is 0 Å². The summed E-state index contributed by atoms with van der Waals surface area (Å²) in [5.74, 6) is 0. The minimum absolute atomic E-state index is 0. The molecule has 0 saturated heterocycles. The van der Waals surface area contributed by atoms with Gasteiger partial charge in [0.2, 0.25) is 0 Å². The van der Waals surface area contributed by atoms with Gasteiger partial charge in [-0.25, -0.2) is 13.9 Å². The summed E-state index contributed by atoms with van der Waals surface area (Å²) in [5, 5.41) is 9.06. The van der Waals surface area contributed by atoms with Crippen LogP contribution in [0.5, 0.6) is 0 Å². The van der Waals surface area contributed by atoms with Crippen molar-refractivity contribution in [3.8, 4) is 0 Å². The van der Waals surface area contributed by atoms with E-state index in [0.717, 1.165) is 21.2 Å². The Hall–Kier alpha value is -4.22. The fourth-order valence-electron chi connectivity index (χ4n) is 5.87. The zero-order valence-corrected chi connectivity index (χ0v) is 38.7. The summed E-state index contributed by atoms with van der Waals surface area (Å²) in [5.41, 5.74) is 0. The van der Waals surface area contributed by atoms with Crippen LogP contribution in [0.25, 0.3) is 0 Å². The molecule has 0 aromatic heterocycles. The van der Waals surface area contributed by atoms with Crippen molar-refractivity contribution < 1.29 is 38.0 Å². The molecule has 4 nitrogen and oxygen atoms in total. The first-order valence-electron chi connectivity index (χ1n) is 18.9. The monoisotopic (exact) mass is 942 g/mol. The minimum atomic E-state index is -1.79. The summed E-state index contributed by atoms with van der Waals surface area (Å²) >= 11 is 0. The van der Waals surface area contributed by atoms with Gasteiger partial charge in [-0.15, -0.1) is 0 Å². The first kappa shape index (κ1) is 47.5. The van der Waals surface area contributed by atoms with Crippen LogP contribution in [0.2, 0.25) is 0 Å². The van der Waals surface area contributed by atoms with E-state index in [1.54, 1.807) is 14.2 Å². The Balaban J connectivity index is 0.000000173. The Labute approximate surface area is 367 Å². The van der Waals surface area contributed by atoms with Crippen LogP contribution >= 0.6 is 32.2 Å². The quantitative estimate of drug-likeness (QED) is 0.110. The maximum atomic E-state index is 12.0. The van der Waals surface area contributed by atoms with E-state index in [9.17, 15) is 9.46 Å². The molecule has 8 aromatic carbocycles. The Morgan fingerprint density at radius 2 is 0.525 bits per heavy atom. The van der Waals surface area contributed by atoms with E-state index in [0.29, 0.717) is 0 Å². The third-order valence-corrected chi connectivity index (χ3v) is 16.4. The second-order valence-electron chi connectivity index (χ2n) is 12.7. The molecule has 9 heteroatoms. The molecule has 0 aliphatic heterocycles. The molecule has 59 heavy (non-hydrogen) atoms.